The minimum atomic E-state index is 0.109. The summed E-state index contributed by atoms with van der Waals surface area (Å²) in [5, 5.41) is 6.08. The summed E-state index contributed by atoms with van der Waals surface area (Å²) in [6.45, 7) is 1.46. The molecule has 1 rings (SSSR count). The normalized spacial score (nSPS) is 12.8. The molecule has 1 aromatic rings. The van der Waals surface area contributed by atoms with E-state index in [9.17, 15) is 0 Å². The molecule has 0 bridgehead atoms. The minimum Gasteiger partial charge on any atom is -0.383 e. The van der Waals surface area contributed by atoms with Crippen LogP contribution in [-0.2, 0) is 4.74 Å². The third-order valence-electron chi connectivity index (χ3n) is 1.60. The summed E-state index contributed by atoms with van der Waals surface area (Å²) in [6.07, 6.45) is 2.68. The molecule has 4 nitrogen and oxygen atoms in total. The fourth-order valence-corrected chi connectivity index (χ4v) is 1.53. The Bertz CT molecular complexity index is 215. The van der Waals surface area contributed by atoms with Gasteiger partial charge in [0.2, 0.25) is 0 Å². The molecule has 1 atom stereocenters. The lowest BCUT2D eigenvalue weighted by Crippen LogP contribution is -2.28. The molecule has 0 aromatic carbocycles. The van der Waals surface area contributed by atoms with Crippen LogP contribution in [0.1, 0.15) is 6.42 Å². The van der Waals surface area contributed by atoms with E-state index in [1.165, 1.54) is 0 Å². The van der Waals surface area contributed by atoms with Gasteiger partial charge in [-0.25, -0.2) is 4.98 Å². The molecular formula is C8H15N3OS. The van der Waals surface area contributed by atoms with E-state index in [-0.39, 0.29) is 6.04 Å². The number of hydrogen-bond donors (Lipinski definition) is 2. The number of ether oxygens (including phenoxy) is 1. The zero-order chi connectivity index (χ0) is 9.52. The Morgan fingerprint density at radius 3 is 3.23 bits per heavy atom. The van der Waals surface area contributed by atoms with E-state index in [4.69, 9.17) is 10.5 Å². The molecule has 1 aromatic heterocycles. The molecule has 0 aliphatic rings. The van der Waals surface area contributed by atoms with Crippen molar-refractivity contribution < 1.29 is 4.74 Å². The van der Waals surface area contributed by atoms with E-state index < -0.39 is 0 Å². The molecule has 0 fully saturated rings. The van der Waals surface area contributed by atoms with Crippen LogP contribution < -0.4 is 11.1 Å². The lowest BCUT2D eigenvalue weighted by atomic mass is 10.2. The Kier molecular flexibility index (Phi) is 4.74. The first kappa shape index (κ1) is 10.4. The van der Waals surface area contributed by atoms with Crippen LogP contribution >= 0.6 is 11.3 Å². The standard InChI is InChI=1S/C8H15N3OS/c1-12-6-7(9)2-3-10-8-11-4-5-13-8/h4-5,7H,2-3,6,9H2,1H3,(H,10,11). The van der Waals surface area contributed by atoms with E-state index in [0.29, 0.717) is 6.61 Å². The lowest BCUT2D eigenvalue weighted by Gasteiger charge is -2.09. The van der Waals surface area contributed by atoms with E-state index in [0.717, 1.165) is 18.1 Å². The molecule has 5 heteroatoms. The van der Waals surface area contributed by atoms with Crippen LogP contribution in [0.5, 0.6) is 0 Å². The van der Waals surface area contributed by atoms with Crippen LogP contribution in [0.15, 0.2) is 11.6 Å². The molecule has 0 aliphatic carbocycles. The average Bonchev–Trinajstić information content (AvgIpc) is 2.57. The van der Waals surface area contributed by atoms with Crippen molar-refractivity contribution in [1.29, 1.82) is 0 Å². The maximum atomic E-state index is 5.74. The monoisotopic (exact) mass is 201 g/mol. The van der Waals surface area contributed by atoms with Gasteiger partial charge < -0.3 is 15.8 Å². The smallest absolute Gasteiger partial charge is 0.182 e. The van der Waals surface area contributed by atoms with Gasteiger partial charge >= 0.3 is 0 Å². The predicted molar refractivity (Wildman–Crippen MR) is 55.1 cm³/mol. The number of hydrogen-bond acceptors (Lipinski definition) is 5. The van der Waals surface area contributed by atoms with Gasteiger partial charge in [-0.2, -0.15) is 0 Å². The molecule has 3 N–H and O–H groups in total. The summed E-state index contributed by atoms with van der Waals surface area (Å²) < 4.78 is 4.93. The molecule has 0 amide bonds. The van der Waals surface area contributed by atoms with Crippen molar-refractivity contribution in [1.82, 2.24) is 4.98 Å². The molecule has 0 aliphatic heterocycles. The highest BCUT2D eigenvalue weighted by Crippen LogP contribution is 2.09. The summed E-state index contributed by atoms with van der Waals surface area (Å²) >= 11 is 1.59. The van der Waals surface area contributed by atoms with Gasteiger partial charge in [0.1, 0.15) is 0 Å². The van der Waals surface area contributed by atoms with Gasteiger partial charge in [-0.1, -0.05) is 0 Å². The van der Waals surface area contributed by atoms with E-state index in [2.05, 4.69) is 10.3 Å². The zero-order valence-electron chi connectivity index (χ0n) is 7.69. The van der Waals surface area contributed by atoms with E-state index in [1.54, 1.807) is 24.6 Å². The number of rotatable bonds is 6. The number of anilines is 1. The predicted octanol–water partition coefficient (Wildman–Crippen LogP) is 0.919. The number of thiazole rings is 1. The van der Waals surface area contributed by atoms with Crippen LogP contribution in [0, 0.1) is 0 Å². The van der Waals surface area contributed by atoms with E-state index >= 15 is 0 Å². The summed E-state index contributed by atoms with van der Waals surface area (Å²) in [6, 6.07) is 0.109. The third-order valence-corrected chi connectivity index (χ3v) is 2.34. The van der Waals surface area contributed by atoms with Gasteiger partial charge in [-0.15, -0.1) is 11.3 Å². The number of methoxy groups -OCH3 is 1. The fourth-order valence-electron chi connectivity index (χ4n) is 0.973. The largest absolute Gasteiger partial charge is 0.383 e. The third kappa shape index (κ3) is 4.21. The van der Waals surface area contributed by atoms with Crippen molar-refractivity contribution in [2.75, 3.05) is 25.6 Å². The molecule has 1 unspecified atom stereocenters. The maximum absolute atomic E-state index is 5.74. The quantitative estimate of drug-likeness (QED) is 0.718. The minimum absolute atomic E-state index is 0.109. The lowest BCUT2D eigenvalue weighted by molar-refractivity contribution is 0.178. The van der Waals surface area contributed by atoms with Gasteiger partial charge in [-0.3, -0.25) is 0 Å². The Labute approximate surface area is 82.1 Å². The second kappa shape index (κ2) is 5.90. The van der Waals surface area contributed by atoms with Crippen LogP contribution in [0.3, 0.4) is 0 Å². The summed E-state index contributed by atoms with van der Waals surface area (Å²) in [5.74, 6) is 0. The van der Waals surface area contributed by atoms with Crippen LogP contribution in [0.25, 0.3) is 0 Å². The molecule has 0 radical (unpaired) electrons. The fraction of sp³-hybridized carbons (Fsp3) is 0.625. The maximum Gasteiger partial charge on any atom is 0.182 e. The highest BCUT2D eigenvalue weighted by Gasteiger charge is 2.01. The van der Waals surface area contributed by atoms with Crippen LogP contribution in [0.2, 0.25) is 0 Å². The molecular weight excluding hydrogens is 186 g/mol. The molecule has 13 heavy (non-hydrogen) atoms. The SMILES string of the molecule is COCC(N)CCNc1nccs1. The number of nitrogens with one attached hydrogen (secondary N) is 1. The number of nitrogens with two attached hydrogens (primary N) is 1. The summed E-state index contributed by atoms with van der Waals surface area (Å²) in [4.78, 5) is 4.09. The molecule has 0 spiro atoms. The first-order valence-electron chi connectivity index (χ1n) is 4.21. The average molecular weight is 201 g/mol. The first-order chi connectivity index (χ1) is 6.33. The van der Waals surface area contributed by atoms with Gasteiger partial charge in [0.25, 0.3) is 0 Å². The molecule has 0 saturated carbocycles. The molecule has 74 valence electrons. The zero-order valence-corrected chi connectivity index (χ0v) is 8.51. The highest BCUT2D eigenvalue weighted by atomic mass is 32.1. The number of nitrogens with zero attached hydrogens (tertiary/aromatic N) is 1. The van der Waals surface area contributed by atoms with Crippen molar-refractivity contribution >= 4 is 16.5 Å². The van der Waals surface area contributed by atoms with Gasteiger partial charge in [0.15, 0.2) is 5.13 Å². The van der Waals surface area contributed by atoms with Crippen molar-refractivity contribution in [3.63, 3.8) is 0 Å². The molecule has 1 heterocycles. The number of aromatic nitrogens is 1. The van der Waals surface area contributed by atoms with Crippen molar-refractivity contribution in [3.05, 3.63) is 11.6 Å². The highest BCUT2D eigenvalue weighted by molar-refractivity contribution is 7.13. The summed E-state index contributed by atoms with van der Waals surface area (Å²) in [5.41, 5.74) is 5.74. The second-order valence-electron chi connectivity index (χ2n) is 2.77. The van der Waals surface area contributed by atoms with Crippen molar-refractivity contribution in [3.8, 4) is 0 Å². The van der Waals surface area contributed by atoms with Gasteiger partial charge in [0.05, 0.1) is 6.61 Å². The Balaban J connectivity index is 2.07. The van der Waals surface area contributed by atoms with Gasteiger partial charge in [-0.05, 0) is 6.42 Å². The Morgan fingerprint density at radius 2 is 2.62 bits per heavy atom. The van der Waals surface area contributed by atoms with Crippen molar-refractivity contribution in [2.45, 2.75) is 12.5 Å². The Morgan fingerprint density at radius 1 is 1.77 bits per heavy atom. The van der Waals surface area contributed by atoms with Gasteiger partial charge in [0, 0.05) is 31.3 Å². The van der Waals surface area contributed by atoms with E-state index in [1.807, 2.05) is 5.38 Å². The van der Waals surface area contributed by atoms with Crippen LogP contribution in [-0.4, -0.2) is 31.3 Å². The second-order valence-corrected chi connectivity index (χ2v) is 3.66. The van der Waals surface area contributed by atoms with Crippen molar-refractivity contribution in [2.24, 2.45) is 5.73 Å². The Hall–Kier alpha value is -0.650. The van der Waals surface area contributed by atoms with Crippen LogP contribution in [0.4, 0.5) is 5.13 Å². The molecule has 0 saturated heterocycles. The summed E-state index contributed by atoms with van der Waals surface area (Å²) in [7, 11) is 1.66. The topological polar surface area (TPSA) is 60.2 Å². The first-order valence-corrected chi connectivity index (χ1v) is 5.08.